The Hall–Kier alpha value is -1.07. The SMILES string of the molecule is CCC1CCCN1C(CN)c1c(C)nn(C)c1OC. The van der Waals surface area contributed by atoms with Gasteiger partial charge >= 0.3 is 0 Å². The molecule has 0 radical (unpaired) electrons. The summed E-state index contributed by atoms with van der Waals surface area (Å²) in [6.07, 6.45) is 3.71. The number of nitrogens with zero attached hydrogens (tertiary/aromatic N) is 3. The van der Waals surface area contributed by atoms with E-state index >= 15 is 0 Å². The second-order valence-corrected chi connectivity index (χ2v) is 5.33. The number of methoxy groups -OCH3 is 1. The zero-order valence-corrected chi connectivity index (χ0v) is 12.5. The maximum absolute atomic E-state index is 6.07. The minimum atomic E-state index is 0.219. The van der Waals surface area contributed by atoms with Gasteiger partial charge in [-0.1, -0.05) is 6.92 Å². The van der Waals surface area contributed by atoms with Crippen LogP contribution in [0.25, 0.3) is 0 Å². The maximum Gasteiger partial charge on any atom is 0.216 e. The third-order valence-electron chi connectivity index (χ3n) is 4.26. The third kappa shape index (κ3) is 2.49. The van der Waals surface area contributed by atoms with Crippen LogP contribution >= 0.6 is 0 Å². The highest BCUT2D eigenvalue weighted by atomic mass is 16.5. The van der Waals surface area contributed by atoms with Crippen LogP contribution in [0.15, 0.2) is 0 Å². The predicted molar refractivity (Wildman–Crippen MR) is 76.3 cm³/mol. The van der Waals surface area contributed by atoms with Gasteiger partial charge in [0.25, 0.3) is 0 Å². The average molecular weight is 266 g/mol. The molecule has 1 aromatic heterocycles. The van der Waals surface area contributed by atoms with Crippen LogP contribution in [0.1, 0.15) is 43.5 Å². The van der Waals surface area contributed by atoms with Gasteiger partial charge in [-0.25, -0.2) is 4.68 Å². The molecule has 0 spiro atoms. The quantitative estimate of drug-likeness (QED) is 0.879. The summed E-state index contributed by atoms with van der Waals surface area (Å²) < 4.78 is 7.34. The molecular formula is C14H26N4O. The summed E-state index contributed by atoms with van der Waals surface area (Å²) in [7, 11) is 3.62. The zero-order valence-electron chi connectivity index (χ0n) is 12.5. The summed E-state index contributed by atoms with van der Waals surface area (Å²) in [5, 5.41) is 4.48. The largest absolute Gasteiger partial charge is 0.481 e. The van der Waals surface area contributed by atoms with E-state index in [0.717, 1.165) is 23.7 Å². The van der Waals surface area contributed by atoms with Gasteiger partial charge in [0.1, 0.15) is 0 Å². The molecule has 1 saturated heterocycles. The maximum atomic E-state index is 6.07. The minimum Gasteiger partial charge on any atom is -0.481 e. The molecule has 5 nitrogen and oxygen atoms in total. The molecular weight excluding hydrogens is 240 g/mol. The van der Waals surface area contributed by atoms with Gasteiger partial charge in [-0.3, -0.25) is 4.90 Å². The molecule has 108 valence electrons. The number of nitrogens with two attached hydrogens (primary N) is 1. The fourth-order valence-electron chi connectivity index (χ4n) is 3.40. The van der Waals surface area contributed by atoms with E-state index in [1.165, 1.54) is 19.3 Å². The van der Waals surface area contributed by atoms with Crippen molar-refractivity contribution in [3.8, 4) is 5.88 Å². The second-order valence-electron chi connectivity index (χ2n) is 5.33. The molecule has 1 aliphatic heterocycles. The van der Waals surface area contributed by atoms with Gasteiger partial charge in [0.2, 0.25) is 5.88 Å². The topological polar surface area (TPSA) is 56.3 Å². The first-order chi connectivity index (χ1) is 9.13. The van der Waals surface area contributed by atoms with Gasteiger partial charge < -0.3 is 10.5 Å². The Morgan fingerprint density at radius 2 is 2.26 bits per heavy atom. The van der Waals surface area contributed by atoms with Crippen molar-refractivity contribution in [3.05, 3.63) is 11.3 Å². The van der Waals surface area contributed by atoms with Crippen molar-refractivity contribution in [1.29, 1.82) is 0 Å². The van der Waals surface area contributed by atoms with Crippen molar-refractivity contribution >= 4 is 0 Å². The molecule has 5 heteroatoms. The van der Waals surface area contributed by atoms with E-state index in [1.807, 2.05) is 18.7 Å². The normalized spacial score (nSPS) is 21.8. The van der Waals surface area contributed by atoms with Crippen molar-refractivity contribution in [2.75, 3.05) is 20.2 Å². The lowest BCUT2D eigenvalue weighted by molar-refractivity contribution is 0.176. The lowest BCUT2D eigenvalue weighted by Crippen LogP contribution is -2.37. The van der Waals surface area contributed by atoms with Crippen LogP contribution in [0.2, 0.25) is 0 Å². The van der Waals surface area contributed by atoms with E-state index < -0.39 is 0 Å². The van der Waals surface area contributed by atoms with Crippen LogP contribution in [0.4, 0.5) is 0 Å². The molecule has 0 aromatic carbocycles. The molecule has 2 atom stereocenters. The summed E-state index contributed by atoms with van der Waals surface area (Å²) in [5.41, 5.74) is 8.25. The highest BCUT2D eigenvalue weighted by molar-refractivity contribution is 5.35. The van der Waals surface area contributed by atoms with Crippen molar-refractivity contribution in [3.63, 3.8) is 0 Å². The lowest BCUT2D eigenvalue weighted by Gasteiger charge is -2.32. The standard InChI is InChI=1S/C14H26N4O/c1-5-11-7-6-8-18(11)12(9-15)13-10(2)16-17(3)14(13)19-4/h11-12H,5-9,15H2,1-4H3. The van der Waals surface area contributed by atoms with E-state index in [2.05, 4.69) is 16.9 Å². The van der Waals surface area contributed by atoms with Crippen LogP contribution in [0.5, 0.6) is 5.88 Å². The molecule has 0 amide bonds. The van der Waals surface area contributed by atoms with E-state index in [1.54, 1.807) is 7.11 Å². The zero-order chi connectivity index (χ0) is 14.0. The summed E-state index contributed by atoms with van der Waals surface area (Å²) in [4.78, 5) is 2.53. The van der Waals surface area contributed by atoms with Crippen molar-refractivity contribution in [2.24, 2.45) is 12.8 Å². The summed E-state index contributed by atoms with van der Waals surface area (Å²) >= 11 is 0. The van der Waals surface area contributed by atoms with Gasteiger partial charge in [-0.2, -0.15) is 5.10 Å². The smallest absolute Gasteiger partial charge is 0.216 e. The molecule has 1 aromatic rings. The first-order valence-corrected chi connectivity index (χ1v) is 7.17. The number of hydrogen-bond acceptors (Lipinski definition) is 4. The molecule has 0 aliphatic carbocycles. The summed E-state index contributed by atoms with van der Waals surface area (Å²) in [6, 6.07) is 0.856. The second kappa shape index (κ2) is 5.92. The molecule has 0 bridgehead atoms. The van der Waals surface area contributed by atoms with Crippen molar-refractivity contribution < 1.29 is 4.74 Å². The van der Waals surface area contributed by atoms with Crippen molar-refractivity contribution in [1.82, 2.24) is 14.7 Å². The molecule has 19 heavy (non-hydrogen) atoms. The van der Waals surface area contributed by atoms with Gasteiger partial charge in [0, 0.05) is 19.6 Å². The van der Waals surface area contributed by atoms with E-state index in [0.29, 0.717) is 12.6 Å². The molecule has 2 rings (SSSR count). The fourth-order valence-corrected chi connectivity index (χ4v) is 3.40. The van der Waals surface area contributed by atoms with E-state index in [-0.39, 0.29) is 6.04 Å². The van der Waals surface area contributed by atoms with Gasteiger partial charge in [-0.15, -0.1) is 0 Å². The first kappa shape index (κ1) is 14.3. The van der Waals surface area contributed by atoms with Gasteiger partial charge in [0.05, 0.1) is 24.4 Å². The molecule has 2 N–H and O–H groups in total. The van der Waals surface area contributed by atoms with Crippen LogP contribution in [0.3, 0.4) is 0 Å². The molecule has 1 fully saturated rings. The highest BCUT2D eigenvalue weighted by Gasteiger charge is 2.33. The fraction of sp³-hybridized carbons (Fsp3) is 0.786. The van der Waals surface area contributed by atoms with Crippen LogP contribution < -0.4 is 10.5 Å². The van der Waals surface area contributed by atoms with Gasteiger partial charge in [-0.05, 0) is 32.7 Å². The third-order valence-corrected chi connectivity index (χ3v) is 4.26. The molecule has 1 aliphatic rings. The highest BCUT2D eigenvalue weighted by Crippen LogP contribution is 2.36. The average Bonchev–Trinajstić information content (AvgIpc) is 2.96. The first-order valence-electron chi connectivity index (χ1n) is 7.17. The van der Waals surface area contributed by atoms with Crippen LogP contribution in [0, 0.1) is 6.92 Å². The van der Waals surface area contributed by atoms with Crippen molar-refractivity contribution in [2.45, 2.75) is 45.2 Å². The molecule has 2 heterocycles. The lowest BCUT2D eigenvalue weighted by atomic mass is 10.0. The number of aromatic nitrogens is 2. The number of ether oxygens (including phenoxy) is 1. The van der Waals surface area contributed by atoms with E-state index in [9.17, 15) is 0 Å². The Morgan fingerprint density at radius 3 is 2.84 bits per heavy atom. The molecule has 2 unspecified atom stereocenters. The Morgan fingerprint density at radius 1 is 1.53 bits per heavy atom. The van der Waals surface area contributed by atoms with Crippen LogP contribution in [-0.4, -0.2) is 40.9 Å². The Labute approximate surface area is 115 Å². The Bertz CT molecular complexity index is 429. The number of aryl methyl sites for hydroxylation is 2. The van der Waals surface area contributed by atoms with Gasteiger partial charge in [0.15, 0.2) is 0 Å². The van der Waals surface area contributed by atoms with E-state index in [4.69, 9.17) is 10.5 Å². The number of rotatable bonds is 5. The Balaban J connectivity index is 2.36. The molecule has 0 saturated carbocycles. The monoisotopic (exact) mass is 266 g/mol. The number of likely N-dealkylation sites (tertiary alicyclic amines) is 1. The predicted octanol–water partition coefficient (Wildman–Crippen LogP) is 1.61. The Kier molecular flexibility index (Phi) is 4.47. The number of hydrogen-bond donors (Lipinski definition) is 1. The van der Waals surface area contributed by atoms with Crippen LogP contribution in [-0.2, 0) is 7.05 Å². The minimum absolute atomic E-state index is 0.219. The summed E-state index contributed by atoms with van der Waals surface area (Å²) in [6.45, 7) is 6.03. The summed E-state index contributed by atoms with van der Waals surface area (Å²) in [5.74, 6) is 0.842.